The van der Waals surface area contributed by atoms with Crippen LogP contribution in [0.4, 0.5) is 5.82 Å². The van der Waals surface area contributed by atoms with E-state index in [0.29, 0.717) is 23.5 Å². The van der Waals surface area contributed by atoms with E-state index in [2.05, 4.69) is 25.3 Å². The molecule has 148 valence electrons. The second-order valence-electron chi connectivity index (χ2n) is 6.62. The van der Waals surface area contributed by atoms with Crippen molar-refractivity contribution in [2.45, 2.75) is 38.1 Å². The molecular weight excluding hydrogens is 366 g/mol. The van der Waals surface area contributed by atoms with E-state index in [1.165, 1.54) is 11.9 Å². The Morgan fingerprint density at radius 3 is 2.71 bits per heavy atom. The highest BCUT2D eigenvalue weighted by Gasteiger charge is 2.45. The number of nitrogens with one attached hydrogen (secondary N) is 2. The van der Waals surface area contributed by atoms with Crippen LogP contribution in [-0.2, 0) is 11.3 Å². The monoisotopic (exact) mass is 387 g/mol. The van der Waals surface area contributed by atoms with Gasteiger partial charge in [0.25, 0.3) is 0 Å². The van der Waals surface area contributed by atoms with E-state index in [0.717, 1.165) is 5.56 Å². The molecule has 2 aromatic heterocycles. The zero-order chi connectivity index (χ0) is 19.7. The topological polar surface area (TPSA) is 146 Å². The molecule has 3 aromatic rings. The Morgan fingerprint density at radius 1 is 1.21 bits per heavy atom. The number of aromatic amines is 1. The standard InChI is InChI=1S/C18H21N5O5/c1-9-2-4-10(5-3-9)6-19-15-12-16(21-8-20-12)23-18(22-15)28-14-13(25)11(7-24)27-17(14)26/h2-5,8,11,13-14,17,24-26H,6-7H2,1H3,(H2,19,20,21,22,23)/t11-,13-,14+,17-/m1/s1. The number of benzene rings is 1. The molecule has 0 aliphatic carbocycles. The molecule has 10 heteroatoms. The molecule has 4 rings (SSSR count). The first-order valence-corrected chi connectivity index (χ1v) is 8.85. The van der Waals surface area contributed by atoms with Gasteiger partial charge >= 0.3 is 6.01 Å². The zero-order valence-electron chi connectivity index (χ0n) is 15.1. The minimum atomic E-state index is -1.41. The molecule has 0 amide bonds. The maximum Gasteiger partial charge on any atom is 0.321 e. The Kier molecular flexibility index (Phi) is 5.09. The molecule has 28 heavy (non-hydrogen) atoms. The maximum absolute atomic E-state index is 10.1. The predicted molar refractivity (Wildman–Crippen MR) is 98.6 cm³/mol. The van der Waals surface area contributed by atoms with Crippen LogP contribution in [0, 0.1) is 6.92 Å². The summed E-state index contributed by atoms with van der Waals surface area (Å²) in [6.45, 7) is 2.10. The van der Waals surface area contributed by atoms with E-state index < -0.39 is 31.2 Å². The number of aliphatic hydroxyl groups is 3. The quantitative estimate of drug-likeness (QED) is 0.397. The fourth-order valence-electron chi connectivity index (χ4n) is 3.00. The van der Waals surface area contributed by atoms with E-state index in [9.17, 15) is 15.3 Å². The summed E-state index contributed by atoms with van der Waals surface area (Å²) in [5.74, 6) is 0.472. The number of hydrogen-bond donors (Lipinski definition) is 5. The first kappa shape index (κ1) is 18.6. The third-order valence-corrected chi connectivity index (χ3v) is 4.58. The van der Waals surface area contributed by atoms with Crippen LogP contribution >= 0.6 is 0 Å². The number of H-pyrrole nitrogens is 1. The minimum Gasteiger partial charge on any atom is -0.452 e. The van der Waals surface area contributed by atoms with Crippen molar-refractivity contribution < 1.29 is 24.8 Å². The molecule has 1 aliphatic rings. The normalized spacial score (nSPS) is 24.6. The highest BCUT2D eigenvalue weighted by atomic mass is 16.7. The lowest BCUT2D eigenvalue weighted by Crippen LogP contribution is -2.39. The van der Waals surface area contributed by atoms with Crippen molar-refractivity contribution in [1.82, 2.24) is 19.9 Å². The van der Waals surface area contributed by atoms with Crippen LogP contribution in [0.25, 0.3) is 11.2 Å². The molecular formula is C18H21N5O5. The van der Waals surface area contributed by atoms with E-state index in [1.54, 1.807) is 0 Å². The van der Waals surface area contributed by atoms with Crippen LogP contribution in [0.3, 0.4) is 0 Å². The fraction of sp³-hybridized carbons (Fsp3) is 0.389. The molecule has 0 unspecified atom stereocenters. The molecule has 10 nitrogen and oxygen atoms in total. The zero-order valence-corrected chi connectivity index (χ0v) is 15.1. The first-order valence-electron chi connectivity index (χ1n) is 8.85. The Labute approximate surface area is 160 Å². The predicted octanol–water partition coefficient (Wildman–Crippen LogP) is 0.0912. The van der Waals surface area contributed by atoms with E-state index in [-0.39, 0.29) is 6.01 Å². The Balaban J connectivity index is 1.56. The molecule has 0 radical (unpaired) electrons. The van der Waals surface area contributed by atoms with E-state index in [1.807, 2.05) is 31.2 Å². The number of rotatable bonds is 6. The highest BCUT2D eigenvalue weighted by Crippen LogP contribution is 2.26. The van der Waals surface area contributed by atoms with Gasteiger partial charge in [-0.05, 0) is 12.5 Å². The maximum atomic E-state index is 10.1. The van der Waals surface area contributed by atoms with Gasteiger partial charge < -0.3 is 35.1 Å². The number of hydrogen-bond acceptors (Lipinski definition) is 9. The van der Waals surface area contributed by atoms with Gasteiger partial charge in [0.05, 0.1) is 12.9 Å². The Bertz CT molecular complexity index is 947. The van der Waals surface area contributed by atoms with Crippen molar-refractivity contribution >= 4 is 17.0 Å². The molecule has 0 saturated carbocycles. The van der Waals surface area contributed by atoms with Crippen molar-refractivity contribution in [3.8, 4) is 6.01 Å². The number of fused-ring (bicyclic) bond motifs is 1. The van der Waals surface area contributed by atoms with Gasteiger partial charge in [-0.1, -0.05) is 29.8 Å². The number of imidazole rings is 1. The van der Waals surface area contributed by atoms with Gasteiger partial charge in [0.2, 0.25) is 0 Å². The Hall–Kier alpha value is -2.79. The number of aryl methyl sites for hydroxylation is 1. The lowest BCUT2D eigenvalue weighted by molar-refractivity contribution is -0.129. The van der Waals surface area contributed by atoms with E-state index >= 15 is 0 Å². The number of nitrogens with zero attached hydrogens (tertiary/aromatic N) is 3. The average Bonchev–Trinajstić information content (AvgIpc) is 3.27. The lowest BCUT2D eigenvalue weighted by Gasteiger charge is -2.18. The van der Waals surface area contributed by atoms with Gasteiger partial charge in [-0.15, -0.1) is 0 Å². The summed E-state index contributed by atoms with van der Waals surface area (Å²) in [5, 5.41) is 32.5. The lowest BCUT2D eigenvalue weighted by atomic mass is 10.1. The van der Waals surface area contributed by atoms with Gasteiger partial charge in [0.15, 0.2) is 23.9 Å². The van der Waals surface area contributed by atoms with Crippen LogP contribution in [0.5, 0.6) is 6.01 Å². The number of ether oxygens (including phenoxy) is 2. The molecule has 1 saturated heterocycles. The summed E-state index contributed by atoms with van der Waals surface area (Å²) >= 11 is 0. The summed E-state index contributed by atoms with van der Waals surface area (Å²) in [6, 6.07) is 8.01. The van der Waals surface area contributed by atoms with Crippen LogP contribution in [0.1, 0.15) is 11.1 Å². The molecule has 1 aromatic carbocycles. The van der Waals surface area contributed by atoms with E-state index in [4.69, 9.17) is 9.47 Å². The summed E-state index contributed by atoms with van der Waals surface area (Å²) in [5.41, 5.74) is 3.23. The number of anilines is 1. The molecule has 1 aliphatic heterocycles. The second-order valence-corrected chi connectivity index (χ2v) is 6.62. The minimum absolute atomic E-state index is 0.0729. The van der Waals surface area contributed by atoms with Crippen LogP contribution in [0.15, 0.2) is 30.6 Å². The molecule has 4 atom stereocenters. The van der Waals surface area contributed by atoms with Gasteiger partial charge in [-0.25, -0.2) is 4.98 Å². The second kappa shape index (κ2) is 7.68. The largest absolute Gasteiger partial charge is 0.452 e. The van der Waals surface area contributed by atoms with Crippen LogP contribution in [0.2, 0.25) is 0 Å². The van der Waals surface area contributed by atoms with Crippen molar-refractivity contribution in [3.63, 3.8) is 0 Å². The third-order valence-electron chi connectivity index (χ3n) is 4.58. The van der Waals surface area contributed by atoms with Crippen molar-refractivity contribution in [1.29, 1.82) is 0 Å². The van der Waals surface area contributed by atoms with Gasteiger partial charge in [-0.2, -0.15) is 9.97 Å². The van der Waals surface area contributed by atoms with Crippen molar-refractivity contribution in [2.24, 2.45) is 0 Å². The average molecular weight is 387 g/mol. The van der Waals surface area contributed by atoms with Gasteiger partial charge in [0, 0.05) is 6.54 Å². The molecule has 3 heterocycles. The SMILES string of the molecule is Cc1ccc(CNc2nc(O[C@H]3[C@H](O)[C@@H](CO)O[C@H]3O)nc3nc[nH]c23)cc1. The van der Waals surface area contributed by atoms with Gasteiger partial charge in [-0.3, -0.25) is 0 Å². The summed E-state index contributed by atoms with van der Waals surface area (Å²) in [4.78, 5) is 15.6. The first-order chi connectivity index (χ1) is 13.5. The number of aromatic nitrogens is 4. The summed E-state index contributed by atoms with van der Waals surface area (Å²) < 4.78 is 10.6. The highest BCUT2D eigenvalue weighted by molar-refractivity contribution is 5.82. The smallest absolute Gasteiger partial charge is 0.321 e. The van der Waals surface area contributed by atoms with Crippen molar-refractivity contribution in [2.75, 3.05) is 11.9 Å². The number of aliphatic hydroxyl groups excluding tert-OH is 3. The molecule has 1 fully saturated rings. The van der Waals surface area contributed by atoms with Crippen LogP contribution < -0.4 is 10.1 Å². The van der Waals surface area contributed by atoms with Gasteiger partial charge in [0.1, 0.15) is 17.7 Å². The summed E-state index contributed by atoms with van der Waals surface area (Å²) in [6.07, 6.45) is -3.20. The van der Waals surface area contributed by atoms with Crippen LogP contribution in [-0.4, -0.2) is 66.5 Å². The molecule has 0 spiro atoms. The van der Waals surface area contributed by atoms with Crippen molar-refractivity contribution in [3.05, 3.63) is 41.7 Å². The molecule has 0 bridgehead atoms. The third kappa shape index (κ3) is 3.62. The molecule has 5 N–H and O–H groups in total. The fourth-order valence-corrected chi connectivity index (χ4v) is 3.00. The Morgan fingerprint density at radius 2 is 2.00 bits per heavy atom. The summed E-state index contributed by atoms with van der Waals surface area (Å²) in [7, 11) is 0.